The van der Waals surface area contributed by atoms with Crippen molar-refractivity contribution in [3.63, 3.8) is 0 Å². The third-order valence-corrected chi connectivity index (χ3v) is 1.15. The average molecular weight is 137 g/mol. The second-order valence-corrected chi connectivity index (χ2v) is 2.02. The summed E-state index contributed by atoms with van der Waals surface area (Å²) >= 11 is 0. The Morgan fingerprint density at radius 1 is 1.50 bits per heavy atom. The number of hydrogen-bond donors (Lipinski definition) is 2. The van der Waals surface area contributed by atoms with E-state index >= 15 is 0 Å². The van der Waals surface area contributed by atoms with Gasteiger partial charge in [0, 0.05) is 19.1 Å². The Morgan fingerprint density at radius 3 is 2.50 bits per heavy atom. The monoisotopic (exact) mass is 136 g/mol. The van der Waals surface area contributed by atoms with Crippen LogP contribution >= 0.6 is 12.4 Å². The molecule has 1 aliphatic carbocycles. The fourth-order valence-electron chi connectivity index (χ4n) is 0.575. The van der Waals surface area contributed by atoms with Crippen LogP contribution in [-0.2, 0) is 0 Å². The normalized spacial score (nSPS) is 17.6. The van der Waals surface area contributed by atoms with Gasteiger partial charge in [0.2, 0.25) is 0 Å². The Morgan fingerprint density at radius 2 is 2.12 bits per heavy atom. The first-order chi connectivity index (χ1) is 3.43. The minimum Gasteiger partial charge on any atom is -0.329 e. The van der Waals surface area contributed by atoms with E-state index in [0.29, 0.717) is 0 Å². The summed E-state index contributed by atoms with van der Waals surface area (Å²) in [5.41, 5.74) is 5.24. The van der Waals surface area contributed by atoms with E-state index < -0.39 is 0 Å². The summed E-state index contributed by atoms with van der Waals surface area (Å²) in [6, 6.07) is 0.823. The van der Waals surface area contributed by atoms with Crippen LogP contribution in [0.4, 0.5) is 0 Å². The quantitative estimate of drug-likeness (QED) is 0.579. The third-order valence-electron chi connectivity index (χ3n) is 1.15. The fourth-order valence-corrected chi connectivity index (χ4v) is 0.575. The molecule has 0 spiro atoms. The molecule has 0 radical (unpaired) electrons. The van der Waals surface area contributed by atoms with Crippen molar-refractivity contribution < 1.29 is 0 Å². The minimum atomic E-state index is 0. The maximum atomic E-state index is 5.24. The first-order valence-electron chi connectivity index (χ1n) is 2.87. The van der Waals surface area contributed by atoms with Gasteiger partial charge in [0.1, 0.15) is 0 Å². The van der Waals surface area contributed by atoms with Crippen LogP contribution in [-0.4, -0.2) is 19.1 Å². The molecular formula is C5H13ClN2. The molecule has 0 atom stereocenters. The van der Waals surface area contributed by atoms with Gasteiger partial charge >= 0.3 is 0 Å². The second kappa shape index (κ2) is 4.13. The molecule has 3 heteroatoms. The molecule has 8 heavy (non-hydrogen) atoms. The zero-order valence-electron chi connectivity index (χ0n) is 4.89. The predicted molar refractivity (Wildman–Crippen MR) is 37.3 cm³/mol. The molecule has 0 saturated heterocycles. The number of hydrogen-bond acceptors (Lipinski definition) is 2. The highest BCUT2D eigenvalue weighted by molar-refractivity contribution is 5.85. The molecule has 3 N–H and O–H groups in total. The highest BCUT2D eigenvalue weighted by Crippen LogP contribution is 2.17. The molecule has 1 aliphatic rings. The molecule has 0 aromatic carbocycles. The van der Waals surface area contributed by atoms with E-state index in [2.05, 4.69) is 5.32 Å². The molecule has 1 fully saturated rings. The van der Waals surface area contributed by atoms with Crippen LogP contribution in [0.25, 0.3) is 0 Å². The maximum Gasteiger partial charge on any atom is 0.00770 e. The van der Waals surface area contributed by atoms with Crippen LogP contribution in [0, 0.1) is 0 Å². The molecule has 0 heterocycles. The van der Waals surface area contributed by atoms with Gasteiger partial charge in [-0.05, 0) is 12.8 Å². The lowest BCUT2D eigenvalue weighted by Gasteiger charge is -1.94. The Balaban J connectivity index is 0.000000490. The first kappa shape index (κ1) is 8.21. The van der Waals surface area contributed by atoms with Crippen LogP contribution in [0.5, 0.6) is 0 Å². The summed E-state index contributed by atoms with van der Waals surface area (Å²) in [5, 5.41) is 3.28. The number of nitrogens with two attached hydrogens (primary N) is 1. The molecule has 0 aromatic heterocycles. The summed E-state index contributed by atoms with van der Waals surface area (Å²) in [4.78, 5) is 0. The van der Waals surface area contributed by atoms with Gasteiger partial charge in [0.25, 0.3) is 0 Å². The van der Waals surface area contributed by atoms with E-state index in [-0.39, 0.29) is 12.4 Å². The van der Waals surface area contributed by atoms with Crippen LogP contribution in [0.1, 0.15) is 12.8 Å². The maximum absolute atomic E-state index is 5.24. The van der Waals surface area contributed by atoms with Gasteiger partial charge in [-0.25, -0.2) is 0 Å². The van der Waals surface area contributed by atoms with E-state index in [1.54, 1.807) is 0 Å². The summed E-state index contributed by atoms with van der Waals surface area (Å²) in [6.45, 7) is 1.77. The van der Waals surface area contributed by atoms with Gasteiger partial charge in [0.15, 0.2) is 0 Å². The molecule has 0 unspecified atom stereocenters. The molecular weight excluding hydrogens is 124 g/mol. The lowest BCUT2D eigenvalue weighted by Crippen LogP contribution is -2.23. The first-order valence-corrected chi connectivity index (χ1v) is 2.87. The standard InChI is InChI=1S/C5H12N2.ClH/c6-3-4-7-5-1-2-5;/h5,7H,1-4,6H2;1H. The Kier molecular flexibility index (Phi) is 4.23. The highest BCUT2D eigenvalue weighted by Gasteiger charge is 2.18. The molecule has 2 nitrogen and oxygen atoms in total. The Bertz CT molecular complexity index is 54.4. The van der Waals surface area contributed by atoms with Crippen molar-refractivity contribution in [1.29, 1.82) is 0 Å². The molecule has 1 rings (SSSR count). The van der Waals surface area contributed by atoms with Gasteiger partial charge in [-0.3, -0.25) is 0 Å². The van der Waals surface area contributed by atoms with Crippen molar-refractivity contribution in [2.75, 3.05) is 13.1 Å². The van der Waals surface area contributed by atoms with E-state index in [0.717, 1.165) is 19.1 Å². The molecule has 0 aliphatic heterocycles. The Labute approximate surface area is 56.2 Å². The molecule has 0 amide bonds. The number of rotatable bonds is 3. The second-order valence-electron chi connectivity index (χ2n) is 2.02. The zero-order chi connectivity index (χ0) is 5.11. The van der Waals surface area contributed by atoms with Gasteiger partial charge in [-0.15, -0.1) is 12.4 Å². The lowest BCUT2D eigenvalue weighted by molar-refractivity contribution is 0.690. The van der Waals surface area contributed by atoms with Crippen LogP contribution in [0.15, 0.2) is 0 Å². The highest BCUT2D eigenvalue weighted by atomic mass is 35.5. The van der Waals surface area contributed by atoms with Crippen LogP contribution < -0.4 is 11.1 Å². The van der Waals surface area contributed by atoms with Crippen molar-refractivity contribution >= 4 is 12.4 Å². The summed E-state index contributed by atoms with van der Waals surface area (Å²) < 4.78 is 0. The van der Waals surface area contributed by atoms with Crippen molar-refractivity contribution in [2.24, 2.45) is 5.73 Å². The zero-order valence-corrected chi connectivity index (χ0v) is 5.71. The van der Waals surface area contributed by atoms with Crippen LogP contribution in [0.2, 0.25) is 0 Å². The third kappa shape index (κ3) is 3.24. The van der Waals surface area contributed by atoms with Crippen LogP contribution in [0.3, 0.4) is 0 Å². The van der Waals surface area contributed by atoms with Crippen molar-refractivity contribution in [3.8, 4) is 0 Å². The molecule has 0 bridgehead atoms. The van der Waals surface area contributed by atoms with E-state index in [1.807, 2.05) is 0 Å². The van der Waals surface area contributed by atoms with E-state index in [4.69, 9.17) is 5.73 Å². The summed E-state index contributed by atoms with van der Waals surface area (Å²) in [6.07, 6.45) is 2.72. The molecule has 1 saturated carbocycles. The average Bonchev–Trinajstić information content (AvgIpc) is 2.42. The largest absolute Gasteiger partial charge is 0.329 e. The van der Waals surface area contributed by atoms with Gasteiger partial charge in [0.05, 0.1) is 0 Å². The SMILES string of the molecule is Cl.NCCNC1CC1. The van der Waals surface area contributed by atoms with Crippen molar-refractivity contribution in [1.82, 2.24) is 5.32 Å². The van der Waals surface area contributed by atoms with Crippen molar-refractivity contribution in [2.45, 2.75) is 18.9 Å². The minimum absolute atomic E-state index is 0. The van der Waals surface area contributed by atoms with Gasteiger partial charge in [-0.1, -0.05) is 0 Å². The molecule has 0 aromatic rings. The van der Waals surface area contributed by atoms with Gasteiger partial charge < -0.3 is 11.1 Å². The van der Waals surface area contributed by atoms with E-state index in [1.165, 1.54) is 12.8 Å². The fraction of sp³-hybridized carbons (Fsp3) is 1.00. The Hall–Kier alpha value is 0.210. The van der Waals surface area contributed by atoms with Gasteiger partial charge in [-0.2, -0.15) is 0 Å². The van der Waals surface area contributed by atoms with Crippen molar-refractivity contribution in [3.05, 3.63) is 0 Å². The summed E-state index contributed by atoms with van der Waals surface area (Å²) in [7, 11) is 0. The smallest absolute Gasteiger partial charge is 0.00770 e. The number of nitrogens with one attached hydrogen (secondary N) is 1. The topological polar surface area (TPSA) is 38.0 Å². The molecule has 50 valence electrons. The summed E-state index contributed by atoms with van der Waals surface area (Å²) in [5.74, 6) is 0. The number of halogens is 1. The predicted octanol–water partition coefficient (Wildman–Crippen LogP) is 0.119. The lowest BCUT2D eigenvalue weighted by atomic mass is 10.6. The van der Waals surface area contributed by atoms with E-state index in [9.17, 15) is 0 Å².